The van der Waals surface area contributed by atoms with Crippen molar-refractivity contribution >= 4 is 37.3 Å². The summed E-state index contributed by atoms with van der Waals surface area (Å²) in [6, 6.07) is 6.01. The van der Waals surface area contributed by atoms with Gasteiger partial charge in [0, 0.05) is 0 Å². The quantitative estimate of drug-likeness (QED) is 0.214. The molecule has 0 aliphatic heterocycles. The molecule has 0 bridgehead atoms. The topological polar surface area (TPSA) is 185 Å². The molecule has 0 spiro atoms. The number of hydrogen-bond donors (Lipinski definition) is 2. The monoisotopic (exact) mass is 417 g/mol. The maximum atomic E-state index is 11.7. The third kappa shape index (κ3) is 6.56. The summed E-state index contributed by atoms with van der Waals surface area (Å²) in [5.41, 5.74) is 4.37. The van der Waals surface area contributed by atoms with Crippen molar-refractivity contribution in [2.24, 2.45) is 10.2 Å². The number of hydrogen-bond acceptors (Lipinski definition) is 9. The van der Waals surface area contributed by atoms with Crippen LogP contribution in [0.25, 0.3) is 0 Å². The molecule has 0 aliphatic carbocycles. The molecule has 26 heavy (non-hydrogen) atoms. The number of benzene rings is 2. The summed E-state index contributed by atoms with van der Waals surface area (Å²) >= 11 is 0. The standard InChI is InChI=1S/C12H11N3O7S2.2Na/c13-9-5-11(16)10(6-12(9)24(20,21)22)15-14-7-2-1-3-8(4-7)23(17,18)19;;/h1-6,16H,13H2,(H,17,18,19)(H,20,21,22);;/q;2*+1/p-2. The van der Waals surface area contributed by atoms with Crippen LogP contribution in [-0.4, -0.2) is 25.9 Å². The van der Waals surface area contributed by atoms with E-state index in [4.69, 9.17) is 10.3 Å². The second kappa shape index (κ2) is 9.59. The molecule has 2 rings (SSSR count). The summed E-state index contributed by atoms with van der Waals surface area (Å²) in [4.78, 5) is -1.26. The summed E-state index contributed by atoms with van der Waals surface area (Å²) in [6.45, 7) is 0. The number of azo groups is 1. The molecule has 0 aliphatic rings. The summed E-state index contributed by atoms with van der Waals surface area (Å²) in [7, 11) is -9.36. The molecular weight excluding hydrogens is 408 g/mol. The Morgan fingerprint density at radius 3 is 2.15 bits per heavy atom. The Hall–Kier alpha value is -0.540. The van der Waals surface area contributed by atoms with E-state index in [1.165, 1.54) is 12.1 Å². The van der Waals surface area contributed by atoms with Gasteiger partial charge < -0.3 is 15.4 Å². The van der Waals surface area contributed by atoms with E-state index in [1.54, 1.807) is 0 Å². The van der Waals surface area contributed by atoms with E-state index in [0.717, 1.165) is 24.3 Å². The van der Waals surface area contributed by atoms with Crippen molar-refractivity contribution in [2.45, 2.75) is 9.79 Å². The van der Waals surface area contributed by atoms with E-state index in [1.807, 2.05) is 0 Å². The molecule has 2 aromatic rings. The van der Waals surface area contributed by atoms with Crippen molar-refractivity contribution in [2.75, 3.05) is 5.73 Å². The van der Waals surface area contributed by atoms with E-state index < -0.39 is 47.2 Å². The zero-order valence-corrected chi connectivity index (χ0v) is 19.3. The van der Waals surface area contributed by atoms with Gasteiger partial charge in [-0.1, -0.05) is 11.8 Å². The van der Waals surface area contributed by atoms with Gasteiger partial charge in [-0.25, -0.2) is 8.42 Å². The Morgan fingerprint density at radius 2 is 1.62 bits per heavy atom. The van der Waals surface area contributed by atoms with Crippen LogP contribution in [0.15, 0.2) is 56.4 Å². The van der Waals surface area contributed by atoms with Crippen molar-refractivity contribution < 1.29 is 90.2 Å². The van der Waals surface area contributed by atoms with Crippen LogP contribution in [0.5, 0.6) is 5.75 Å². The van der Waals surface area contributed by atoms with Crippen molar-refractivity contribution in [3.05, 3.63) is 36.4 Å². The second-order valence-corrected chi connectivity index (χ2v) is 7.25. The Morgan fingerprint density at radius 1 is 1.00 bits per heavy atom. The van der Waals surface area contributed by atoms with Crippen molar-refractivity contribution in [3.63, 3.8) is 0 Å². The van der Waals surface area contributed by atoms with E-state index in [2.05, 4.69) is 10.2 Å². The average molecular weight is 417 g/mol. The molecule has 0 amide bonds. The molecule has 0 aromatic heterocycles. The van der Waals surface area contributed by atoms with E-state index in [0.29, 0.717) is 0 Å². The predicted octanol–water partition coefficient (Wildman–Crippen LogP) is -5.08. The predicted molar refractivity (Wildman–Crippen MR) is 78.7 cm³/mol. The molecule has 128 valence electrons. The SMILES string of the molecule is Nc1cc([O-])c(N=Nc2cccc(S(=O)(=O)[O-])c2)cc1S(=O)(=O)O.[Na+].[Na+]. The molecule has 0 saturated carbocycles. The molecule has 3 N–H and O–H groups in total. The van der Waals surface area contributed by atoms with Gasteiger partial charge in [0.1, 0.15) is 15.0 Å². The first-order chi connectivity index (χ1) is 11.0. The summed E-state index contributed by atoms with van der Waals surface area (Å²) in [6.07, 6.45) is 0. The molecule has 0 radical (unpaired) electrons. The van der Waals surface area contributed by atoms with Crippen LogP contribution >= 0.6 is 0 Å². The third-order valence-corrected chi connectivity index (χ3v) is 4.49. The fraction of sp³-hybridized carbons (Fsp3) is 0. The Kier molecular flexibility index (Phi) is 9.39. The largest absolute Gasteiger partial charge is 1.00 e. The molecular formula is C12H9N3Na2O7S2. The van der Waals surface area contributed by atoms with Gasteiger partial charge in [-0.05, 0) is 30.3 Å². The Balaban J connectivity index is 0.00000312. The van der Waals surface area contributed by atoms with Gasteiger partial charge in [-0.2, -0.15) is 18.6 Å². The first kappa shape index (κ1) is 25.5. The number of nitrogens with two attached hydrogens (primary N) is 1. The minimum absolute atomic E-state index is 0. The molecule has 0 unspecified atom stereocenters. The first-order valence-electron chi connectivity index (χ1n) is 6.04. The maximum Gasteiger partial charge on any atom is 1.00 e. The van der Waals surface area contributed by atoms with E-state index in [-0.39, 0.29) is 64.8 Å². The number of anilines is 1. The van der Waals surface area contributed by atoms with Crippen molar-refractivity contribution in [3.8, 4) is 5.75 Å². The van der Waals surface area contributed by atoms with Crippen molar-refractivity contribution in [1.82, 2.24) is 0 Å². The Bertz CT molecular complexity index is 1040. The Labute approximate surface area is 193 Å². The van der Waals surface area contributed by atoms with Crippen LogP contribution in [0.4, 0.5) is 17.1 Å². The molecule has 0 fully saturated rings. The van der Waals surface area contributed by atoms with Gasteiger partial charge in [0.15, 0.2) is 0 Å². The fourth-order valence-corrected chi connectivity index (χ4v) is 2.81. The number of rotatable bonds is 4. The van der Waals surface area contributed by atoms with Crippen LogP contribution in [0.1, 0.15) is 0 Å². The van der Waals surface area contributed by atoms with Crippen molar-refractivity contribution in [1.29, 1.82) is 0 Å². The van der Waals surface area contributed by atoms with Crippen LogP contribution < -0.4 is 70.0 Å². The molecule has 0 saturated heterocycles. The smallest absolute Gasteiger partial charge is 0.871 e. The van der Waals surface area contributed by atoms with Gasteiger partial charge in [0.25, 0.3) is 10.1 Å². The van der Waals surface area contributed by atoms with Gasteiger partial charge in [0.05, 0.1) is 22.0 Å². The molecule has 14 heteroatoms. The number of nitrogens with zero attached hydrogens (tertiary/aromatic N) is 2. The minimum atomic E-state index is -4.69. The first-order valence-corrected chi connectivity index (χ1v) is 8.89. The van der Waals surface area contributed by atoms with Crippen LogP contribution in [0.3, 0.4) is 0 Å². The molecule has 0 heterocycles. The number of nitrogen functional groups attached to an aromatic ring is 1. The fourth-order valence-electron chi connectivity index (χ4n) is 1.68. The zero-order valence-electron chi connectivity index (χ0n) is 13.6. The van der Waals surface area contributed by atoms with Crippen LogP contribution in [-0.2, 0) is 20.2 Å². The molecule has 0 atom stereocenters. The van der Waals surface area contributed by atoms with E-state index >= 15 is 0 Å². The van der Waals surface area contributed by atoms with Gasteiger partial charge in [-0.3, -0.25) is 4.55 Å². The van der Waals surface area contributed by atoms with E-state index in [9.17, 15) is 26.5 Å². The van der Waals surface area contributed by atoms with Gasteiger partial charge >= 0.3 is 59.1 Å². The third-order valence-electron chi connectivity index (χ3n) is 2.75. The van der Waals surface area contributed by atoms with Gasteiger partial charge in [0.2, 0.25) is 0 Å². The summed E-state index contributed by atoms with van der Waals surface area (Å²) < 4.78 is 64.1. The maximum absolute atomic E-state index is 11.7. The van der Waals surface area contributed by atoms with Crippen LogP contribution in [0, 0.1) is 0 Å². The second-order valence-electron chi connectivity index (χ2n) is 4.48. The van der Waals surface area contributed by atoms with Crippen LogP contribution in [0.2, 0.25) is 0 Å². The molecule has 2 aromatic carbocycles. The minimum Gasteiger partial charge on any atom is -0.871 e. The summed E-state index contributed by atoms with van der Waals surface area (Å²) in [5, 5.41) is 18.8. The average Bonchev–Trinajstić information content (AvgIpc) is 2.44. The summed E-state index contributed by atoms with van der Waals surface area (Å²) in [5.74, 6) is -0.767. The van der Waals surface area contributed by atoms with Gasteiger partial charge in [-0.15, -0.1) is 0 Å². The zero-order chi connectivity index (χ0) is 18.1. The molecule has 10 nitrogen and oxygen atoms in total. The normalized spacial score (nSPS) is 11.6.